The van der Waals surface area contributed by atoms with Crippen LogP contribution in [0.25, 0.3) is 0 Å². The van der Waals surface area contributed by atoms with Crippen LogP contribution in [0, 0.1) is 0 Å². The molecule has 1 aromatic carbocycles. The summed E-state index contributed by atoms with van der Waals surface area (Å²) in [5.74, 6) is 1.75. The maximum atomic E-state index is 5.36. The number of hydrogen-bond donors (Lipinski definition) is 2. The fourth-order valence-electron chi connectivity index (χ4n) is 1.78. The van der Waals surface area contributed by atoms with E-state index in [2.05, 4.69) is 38.5 Å². The van der Waals surface area contributed by atoms with Gasteiger partial charge in [-0.25, -0.2) is 4.99 Å². The van der Waals surface area contributed by atoms with Crippen molar-refractivity contribution in [1.82, 2.24) is 10.6 Å². The molecule has 0 spiro atoms. The van der Waals surface area contributed by atoms with Crippen LogP contribution in [0.1, 0.15) is 25.3 Å². The van der Waals surface area contributed by atoms with Crippen LogP contribution in [0.15, 0.2) is 27.7 Å². The summed E-state index contributed by atoms with van der Waals surface area (Å²) in [5, 5.41) is 6.66. The Labute approximate surface area is 145 Å². The summed E-state index contributed by atoms with van der Waals surface area (Å²) in [6.45, 7) is 3.54. The molecule has 112 valence electrons. The van der Waals surface area contributed by atoms with Crippen molar-refractivity contribution in [2.24, 2.45) is 4.99 Å². The van der Waals surface area contributed by atoms with Gasteiger partial charge >= 0.3 is 0 Å². The number of ether oxygens (including phenoxy) is 1. The maximum Gasteiger partial charge on any atom is 0.191 e. The SMILES string of the molecule is CCNC(=NCc1cc(Br)ccc1OC)NC1CC1.I. The Balaban J connectivity index is 0.00000200. The monoisotopic (exact) mass is 453 g/mol. The topological polar surface area (TPSA) is 45.7 Å². The van der Waals surface area contributed by atoms with Crippen LogP contribution in [-0.4, -0.2) is 25.7 Å². The lowest BCUT2D eigenvalue weighted by Crippen LogP contribution is -2.38. The molecule has 0 unspecified atom stereocenters. The maximum absolute atomic E-state index is 5.36. The van der Waals surface area contributed by atoms with Crippen molar-refractivity contribution in [2.75, 3.05) is 13.7 Å². The molecule has 0 bridgehead atoms. The summed E-state index contributed by atoms with van der Waals surface area (Å²) in [6.07, 6.45) is 2.48. The van der Waals surface area contributed by atoms with Gasteiger partial charge in [-0.05, 0) is 38.0 Å². The molecule has 0 atom stereocenters. The Hall–Kier alpha value is -0.500. The summed E-state index contributed by atoms with van der Waals surface area (Å²) in [6, 6.07) is 6.57. The van der Waals surface area contributed by atoms with E-state index in [9.17, 15) is 0 Å². The number of nitrogens with zero attached hydrogens (tertiary/aromatic N) is 1. The Bertz CT molecular complexity index is 464. The molecule has 2 rings (SSSR count). The molecule has 1 aliphatic carbocycles. The van der Waals surface area contributed by atoms with Gasteiger partial charge in [0.05, 0.1) is 13.7 Å². The number of benzene rings is 1. The predicted octanol–water partition coefficient (Wildman–Crippen LogP) is 3.29. The highest BCUT2D eigenvalue weighted by Crippen LogP contribution is 2.23. The van der Waals surface area contributed by atoms with E-state index in [-0.39, 0.29) is 24.0 Å². The summed E-state index contributed by atoms with van der Waals surface area (Å²) < 4.78 is 6.40. The second-order valence-corrected chi connectivity index (χ2v) is 5.49. The third kappa shape index (κ3) is 5.47. The van der Waals surface area contributed by atoms with E-state index < -0.39 is 0 Å². The van der Waals surface area contributed by atoms with Crippen LogP contribution in [0.5, 0.6) is 5.75 Å². The van der Waals surface area contributed by atoms with E-state index in [1.54, 1.807) is 7.11 Å². The summed E-state index contributed by atoms with van der Waals surface area (Å²) in [4.78, 5) is 4.61. The van der Waals surface area contributed by atoms with Gasteiger partial charge in [0.15, 0.2) is 5.96 Å². The minimum atomic E-state index is 0. The molecule has 0 aliphatic heterocycles. The highest BCUT2D eigenvalue weighted by Gasteiger charge is 2.22. The fraction of sp³-hybridized carbons (Fsp3) is 0.500. The van der Waals surface area contributed by atoms with Gasteiger partial charge in [0.1, 0.15) is 5.75 Å². The lowest BCUT2D eigenvalue weighted by molar-refractivity contribution is 0.409. The zero-order valence-corrected chi connectivity index (χ0v) is 15.7. The molecule has 1 saturated carbocycles. The van der Waals surface area contributed by atoms with Crippen LogP contribution in [0.2, 0.25) is 0 Å². The smallest absolute Gasteiger partial charge is 0.191 e. The first-order valence-corrected chi connectivity index (χ1v) is 7.39. The number of hydrogen-bond acceptors (Lipinski definition) is 2. The van der Waals surface area contributed by atoms with E-state index in [4.69, 9.17) is 4.74 Å². The largest absolute Gasteiger partial charge is 0.496 e. The van der Waals surface area contributed by atoms with E-state index in [1.165, 1.54) is 12.8 Å². The van der Waals surface area contributed by atoms with Gasteiger partial charge in [-0.2, -0.15) is 0 Å². The normalized spacial score (nSPS) is 14.4. The molecule has 0 saturated heterocycles. The number of aliphatic imine (C=N–C) groups is 1. The van der Waals surface area contributed by atoms with Crippen molar-refractivity contribution in [2.45, 2.75) is 32.4 Å². The third-order valence-corrected chi connectivity index (χ3v) is 3.41. The number of halogens is 2. The standard InChI is InChI=1S/C14H20BrN3O.HI/c1-3-16-14(18-12-5-6-12)17-9-10-8-11(15)4-7-13(10)19-2;/h4,7-8,12H,3,5-6,9H2,1-2H3,(H2,16,17,18);1H. The Kier molecular flexibility index (Phi) is 7.65. The van der Waals surface area contributed by atoms with E-state index >= 15 is 0 Å². The van der Waals surface area contributed by atoms with E-state index in [1.807, 2.05) is 18.2 Å². The van der Waals surface area contributed by atoms with Crippen molar-refractivity contribution < 1.29 is 4.74 Å². The van der Waals surface area contributed by atoms with Gasteiger partial charge in [0, 0.05) is 22.6 Å². The molecule has 0 radical (unpaired) electrons. The second kappa shape index (κ2) is 8.71. The molecule has 1 aromatic rings. The van der Waals surface area contributed by atoms with Gasteiger partial charge in [-0.3, -0.25) is 0 Å². The average Bonchev–Trinajstić information content (AvgIpc) is 3.20. The highest BCUT2D eigenvalue weighted by atomic mass is 127. The van der Waals surface area contributed by atoms with E-state index in [0.29, 0.717) is 12.6 Å². The molecule has 0 aromatic heterocycles. The van der Waals surface area contributed by atoms with E-state index in [0.717, 1.165) is 28.3 Å². The molecule has 1 aliphatic rings. The number of nitrogens with one attached hydrogen (secondary N) is 2. The highest BCUT2D eigenvalue weighted by molar-refractivity contribution is 14.0. The first-order chi connectivity index (χ1) is 9.22. The van der Waals surface area contributed by atoms with Crippen LogP contribution < -0.4 is 15.4 Å². The van der Waals surface area contributed by atoms with Gasteiger partial charge in [0.2, 0.25) is 0 Å². The Morgan fingerprint density at radius 3 is 2.80 bits per heavy atom. The minimum Gasteiger partial charge on any atom is -0.496 e. The lowest BCUT2D eigenvalue weighted by atomic mass is 10.2. The molecule has 0 heterocycles. The summed E-state index contributed by atoms with van der Waals surface area (Å²) in [5.41, 5.74) is 1.07. The van der Waals surface area contributed by atoms with Gasteiger partial charge in [-0.1, -0.05) is 15.9 Å². The zero-order chi connectivity index (χ0) is 13.7. The quantitative estimate of drug-likeness (QED) is 0.408. The minimum absolute atomic E-state index is 0. The predicted molar refractivity (Wildman–Crippen MR) is 97.1 cm³/mol. The van der Waals surface area contributed by atoms with Gasteiger partial charge in [-0.15, -0.1) is 24.0 Å². The number of methoxy groups -OCH3 is 1. The van der Waals surface area contributed by atoms with Crippen LogP contribution in [0.4, 0.5) is 0 Å². The molecular formula is C14H21BrIN3O. The molecule has 0 amide bonds. The summed E-state index contributed by atoms with van der Waals surface area (Å²) in [7, 11) is 1.68. The van der Waals surface area contributed by atoms with Crippen molar-refractivity contribution in [3.63, 3.8) is 0 Å². The van der Waals surface area contributed by atoms with Crippen LogP contribution >= 0.6 is 39.9 Å². The molecule has 2 N–H and O–H groups in total. The number of guanidine groups is 1. The third-order valence-electron chi connectivity index (χ3n) is 2.91. The Morgan fingerprint density at radius 2 is 2.20 bits per heavy atom. The second-order valence-electron chi connectivity index (χ2n) is 4.57. The van der Waals surface area contributed by atoms with Gasteiger partial charge in [0.25, 0.3) is 0 Å². The lowest BCUT2D eigenvalue weighted by Gasteiger charge is -2.11. The fourth-order valence-corrected chi connectivity index (χ4v) is 2.18. The Morgan fingerprint density at radius 1 is 1.45 bits per heavy atom. The van der Waals surface area contributed by atoms with Crippen molar-refractivity contribution in [3.8, 4) is 5.75 Å². The molecule has 6 heteroatoms. The average molecular weight is 454 g/mol. The van der Waals surface area contributed by atoms with Crippen LogP contribution in [0.3, 0.4) is 0 Å². The number of rotatable bonds is 5. The molecule has 4 nitrogen and oxygen atoms in total. The van der Waals surface area contributed by atoms with Crippen molar-refractivity contribution in [3.05, 3.63) is 28.2 Å². The summed E-state index contributed by atoms with van der Waals surface area (Å²) >= 11 is 3.48. The van der Waals surface area contributed by atoms with Crippen molar-refractivity contribution in [1.29, 1.82) is 0 Å². The first kappa shape index (κ1) is 17.6. The zero-order valence-electron chi connectivity index (χ0n) is 11.8. The first-order valence-electron chi connectivity index (χ1n) is 6.60. The molecule has 1 fully saturated rings. The van der Waals surface area contributed by atoms with Gasteiger partial charge < -0.3 is 15.4 Å². The van der Waals surface area contributed by atoms with Crippen molar-refractivity contribution >= 4 is 45.9 Å². The van der Waals surface area contributed by atoms with Crippen LogP contribution in [-0.2, 0) is 6.54 Å². The molecular weight excluding hydrogens is 433 g/mol. The molecule has 20 heavy (non-hydrogen) atoms.